The van der Waals surface area contributed by atoms with Crippen molar-refractivity contribution in [3.8, 4) is 0 Å². The third-order valence-corrected chi connectivity index (χ3v) is 6.00. The van der Waals surface area contributed by atoms with Gasteiger partial charge < -0.3 is 5.32 Å². The van der Waals surface area contributed by atoms with Gasteiger partial charge in [-0.05, 0) is 47.5 Å². The van der Waals surface area contributed by atoms with Gasteiger partial charge in [0.05, 0.1) is 23.5 Å². The van der Waals surface area contributed by atoms with Gasteiger partial charge in [-0.15, -0.1) is 0 Å². The quantitative estimate of drug-likeness (QED) is 0.498. The van der Waals surface area contributed by atoms with E-state index in [1.807, 2.05) is 37.5 Å². The van der Waals surface area contributed by atoms with Crippen molar-refractivity contribution in [1.29, 1.82) is 0 Å². The Morgan fingerprint density at radius 1 is 1.22 bits per heavy atom. The van der Waals surface area contributed by atoms with Gasteiger partial charge in [-0.2, -0.15) is 5.10 Å². The van der Waals surface area contributed by atoms with E-state index in [0.717, 1.165) is 22.2 Å². The van der Waals surface area contributed by atoms with E-state index in [0.29, 0.717) is 35.7 Å². The van der Waals surface area contributed by atoms with E-state index in [-0.39, 0.29) is 11.7 Å². The van der Waals surface area contributed by atoms with E-state index in [9.17, 15) is 9.18 Å². The van der Waals surface area contributed by atoms with E-state index in [4.69, 9.17) is 11.6 Å². The summed E-state index contributed by atoms with van der Waals surface area (Å²) in [5.74, 6) is -0.988. The Morgan fingerprint density at radius 3 is 2.91 bits per heavy atom. The molecule has 32 heavy (non-hydrogen) atoms. The molecule has 1 amide bonds. The molecule has 1 atom stereocenters. The number of benzene rings is 2. The van der Waals surface area contributed by atoms with Crippen LogP contribution in [0.15, 0.2) is 61.1 Å². The standard InChI is InChI=1S/C24H21ClFN5O/c1-30-7-6-19(29-30)13-31-12-16-2-4-17(25)8-20(16)22(14-31)24(32)28-23-11-27-10-15-3-5-18(26)9-21(15)23/h2-11,22H,12-14H2,1H3,(H,28,32). The molecule has 5 rings (SSSR count). The molecule has 0 spiro atoms. The predicted octanol–water partition coefficient (Wildman–Crippen LogP) is 4.50. The van der Waals surface area contributed by atoms with Gasteiger partial charge >= 0.3 is 0 Å². The molecular weight excluding hydrogens is 429 g/mol. The first-order valence-corrected chi connectivity index (χ1v) is 10.7. The van der Waals surface area contributed by atoms with Crippen LogP contribution in [0.25, 0.3) is 10.8 Å². The highest BCUT2D eigenvalue weighted by molar-refractivity contribution is 6.30. The van der Waals surface area contributed by atoms with Crippen LogP contribution in [0.3, 0.4) is 0 Å². The molecule has 0 aliphatic carbocycles. The highest BCUT2D eigenvalue weighted by Crippen LogP contribution is 2.33. The number of hydrogen-bond acceptors (Lipinski definition) is 4. The molecule has 8 heteroatoms. The first-order valence-electron chi connectivity index (χ1n) is 10.3. The minimum atomic E-state index is -0.440. The Hall–Kier alpha value is -3.29. The minimum Gasteiger partial charge on any atom is -0.324 e. The molecule has 1 aliphatic rings. The third-order valence-electron chi connectivity index (χ3n) is 5.77. The summed E-state index contributed by atoms with van der Waals surface area (Å²) in [6.07, 6.45) is 5.10. The van der Waals surface area contributed by atoms with Crippen LogP contribution < -0.4 is 5.32 Å². The van der Waals surface area contributed by atoms with Crippen molar-refractivity contribution in [2.45, 2.75) is 19.0 Å². The number of hydrogen-bond donors (Lipinski definition) is 1. The van der Waals surface area contributed by atoms with Gasteiger partial charge in [0, 0.05) is 54.9 Å². The van der Waals surface area contributed by atoms with Gasteiger partial charge in [0.15, 0.2) is 0 Å². The van der Waals surface area contributed by atoms with Crippen LogP contribution in [0, 0.1) is 5.82 Å². The second kappa shape index (κ2) is 8.33. The number of anilines is 1. The van der Waals surface area contributed by atoms with Crippen molar-refractivity contribution in [3.05, 3.63) is 88.7 Å². The maximum Gasteiger partial charge on any atom is 0.233 e. The fourth-order valence-electron chi connectivity index (χ4n) is 4.27. The van der Waals surface area contributed by atoms with E-state index in [2.05, 4.69) is 20.3 Å². The maximum absolute atomic E-state index is 13.8. The number of amides is 1. The molecule has 3 heterocycles. The molecule has 1 unspecified atom stereocenters. The Morgan fingerprint density at radius 2 is 2.09 bits per heavy atom. The number of nitrogens with zero attached hydrogens (tertiary/aromatic N) is 4. The van der Waals surface area contributed by atoms with Gasteiger partial charge in [0.2, 0.25) is 5.91 Å². The lowest BCUT2D eigenvalue weighted by Crippen LogP contribution is -2.38. The SMILES string of the molecule is Cn1ccc(CN2Cc3ccc(Cl)cc3C(C(=O)Nc3cncc4ccc(F)cc34)C2)n1. The van der Waals surface area contributed by atoms with Gasteiger partial charge in [-0.3, -0.25) is 19.4 Å². The number of carbonyl (C=O) groups excluding carboxylic acids is 1. The van der Waals surface area contributed by atoms with E-state index in [1.165, 1.54) is 12.1 Å². The Bertz CT molecular complexity index is 1320. The number of aromatic nitrogens is 3. The van der Waals surface area contributed by atoms with E-state index < -0.39 is 5.92 Å². The fourth-order valence-corrected chi connectivity index (χ4v) is 4.45. The van der Waals surface area contributed by atoms with Crippen LogP contribution in [-0.4, -0.2) is 32.1 Å². The highest BCUT2D eigenvalue weighted by atomic mass is 35.5. The van der Waals surface area contributed by atoms with Crippen molar-refractivity contribution in [1.82, 2.24) is 19.7 Å². The lowest BCUT2D eigenvalue weighted by atomic mass is 9.88. The van der Waals surface area contributed by atoms with Crippen LogP contribution in [-0.2, 0) is 24.9 Å². The number of nitrogens with one attached hydrogen (secondary N) is 1. The maximum atomic E-state index is 13.8. The van der Waals surface area contributed by atoms with Gasteiger partial charge in [0.25, 0.3) is 0 Å². The largest absolute Gasteiger partial charge is 0.324 e. The number of pyridine rings is 1. The van der Waals surface area contributed by atoms with Crippen molar-refractivity contribution in [3.63, 3.8) is 0 Å². The predicted molar refractivity (Wildman–Crippen MR) is 122 cm³/mol. The summed E-state index contributed by atoms with van der Waals surface area (Å²) in [5.41, 5.74) is 3.39. The summed E-state index contributed by atoms with van der Waals surface area (Å²) in [6, 6.07) is 12.1. The Balaban J connectivity index is 1.46. The zero-order valence-corrected chi connectivity index (χ0v) is 18.2. The molecule has 6 nitrogen and oxygen atoms in total. The smallest absolute Gasteiger partial charge is 0.233 e. The first-order chi connectivity index (χ1) is 15.5. The van der Waals surface area contributed by atoms with Crippen molar-refractivity contribution >= 4 is 34.0 Å². The molecule has 0 fully saturated rings. The van der Waals surface area contributed by atoms with Crippen molar-refractivity contribution in [2.75, 3.05) is 11.9 Å². The molecule has 4 aromatic rings. The molecule has 0 bridgehead atoms. The highest BCUT2D eigenvalue weighted by Gasteiger charge is 2.31. The number of rotatable bonds is 4. The average molecular weight is 450 g/mol. The molecule has 0 radical (unpaired) electrons. The number of aryl methyl sites for hydroxylation is 1. The van der Waals surface area contributed by atoms with Crippen molar-refractivity contribution < 1.29 is 9.18 Å². The number of carbonyl (C=O) groups is 1. The average Bonchev–Trinajstić information content (AvgIpc) is 3.18. The molecule has 2 aromatic heterocycles. The lowest BCUT2D eigenvalue weighted by molar-refractivity contribution is -0.118. The van der Waals surface area contributed by atoms with Crippen LogP contribution in [0.5, 0.6) is 0 Å². The normalized spacial score (nSPS) is 16.2. The second-order valence-corrected chi connectivity index (χ2v) is 8.52. The molecule has 162 valence electrons. The van der Waals surface area contributed by atoms with Gasteiger partial charge in [-0.25, -0.2) is 4.39 Å². The third kappa shape index (κ3) is 4.09. The molecule has 1 N–H and O–H groups in total. The molecule has 2 aromatic carbocycles. The number of halogens is 2. The van der Waals surface area contributed by atoms with E-state index >= 15 is 0 Å². The topological polar surface area (TPSA) is 63.1 Å². The summed E-state index contributed by atoms with van der Waals surface area (Å²) >= 11 is 6.26. The number of fused-ring (bicyclic) bond motifs is 2. The zero-order chi connectivity index (χ0) is 22.2. The summed E-state index contributed by atoms with van der Waals surface area (Å²) in [7, 11) is 1.88. The summed E-state index contributed by atoms with van der Waals surface area (Å²) < 4.78 is 15.6. The Kier molecular flexibility index (Phi) is 5.36. The molecule has 1 aliphatic heterocycles. The Labute approximate surface area is 189 Å². The second-order valence-electron chi connectivity index (χ2n) is 8.09. The minimum absolute atomic E-state index is 0.183. The van der Waals surface area contributed by atoms with Crippen LogP contribution in [0.4, 0.5) is 10.1 Å². The lowest BCUT2D eigenvalue weighted by Gasteiger charge is -2.33. The molecular formula is C24H21ClFN5O. The van der Waals surface area contributed by atoms with Gasteiger partial charge in [-0.1, -0.05) is 17.7 Å². The monoisotopic (exact) mass is 449 g/mol. The van der Waals surface area contributed by atoms with Crippen molar-refractivity contribution in [2.24, 2.45) is 7.05 Å². The summed E-state index contributed by atoms with van der Waals surface area (Å²) in [5, 5.41) is 9.40. The molecule has 0 saturated heterocycles. The van der Waals surface area contributed by atoms with Crippen LogP contribution in [0.2, 0.25) is 5.02 Å². The van der Waals surface area contributed by atoms with Gasteiger partial charge in [0.1, 0.15) is 5.82 Å². The summed E-state index contributed by atoms with van der Waals surface area (Å²) in [4.78, 5) is 19.8. The first kappa shape index (κ1) is 20.6. The summed E-state index contributed by atoms with van der Waals surface area (Å²) in [6.45, 7) is 1.85. The van der Waals surface area contributed by atoms with E-state index in [1.54, 1.807) is 23.1 Å². The van der Waals surface area contributed by atoms with Crippen LogP contribution >= 0.6 is 11.6 Å². The fraction of sp³-hybridized carbons (Fsp3) is 0.208. The zero-order valence-electron chi connectivity index (χ0n) is 17.4. The molecule has 0 saturated carbocycles. The van der Waals surface area contributed by atoms with Crippen LogP contribution in [0.1, 0.15) is 22.7 Å².